The van der Waals surface area contributed by atoms with E-state index in [1.165, 1.54) is 12.8 Å². The average molecular weight is 228 g/mol. The number of methoxy groups -OCH3 is 1. The summed E-state index contributed by atoms with van der Waals surface area (Å²) in [5, 5.41) is 0. The Labute approximate surface area is 98.1 Å². The van der Waals surface area contributed by atoms with E-state index < -0.39 is 0 Å². The number of nitrogens with zero attached hydrogens (tertiary/aromatic N) is 1. The topological polar surface area (TPSA) is 55.6 Å². The fourth-order valence-corrected chi connectivity index (χ4v) is 1.98. The van der Waals surface area contributed by atoms with Crippen LogP contribution in [0.15, 0.2) is 0 Å². The highest BCUT2D eigenvalue weighted by Gasteiger charge is 2.33. The van der Waals surface area contributed by atoms with Crippen LogP contribution in [0, 0.1) is 5.92 Å². The van der Waals surface area contributed by atoms with Gasteiger partial charge in [-0.25, -0.2) is 0 Å². The predicted octanol–water partition coefficient (Wildman–Crippen LogP) is 0.999. The van der Waals surface area contributed by atoms with Gasteiger partial charge in [0.05, 0.1) is 6.61 Å². The molecule has 0 aliphatic heterocycles. The Hall–Kier alpha value is -0.610. The van der Waals surface area contributed by atoms with Crippen LogP contribution in [-0.4, -0.2) is 43.7 Å². The van der Waals surface area contributed by atoms with E-state index in [2.05, 4.69) is 6.92 Å². The number of amides is 1. The molecule has 1 atom stereocenters. The van der Waals surface area contributed by atoms with Gasteiger partial charge in [-0.05, 0) is 38.6 Å². The molecule has 1 rings (SSSR count). The molecule has 0 bridgehead atoms. The Bertz CT molecular complexity index is 217. The number of hydrogen-bond donors (Lipinski definition) is 1. The summed E-state index contributed by atoms with van der Waals surface area (Å²) in [5.41, 5.74) is 5.43. The van der Waals surface area contributed by atoms with Crippen LogP contribution in [0.4, 0.5) is 0 Å². The van der Waals surface area contributed by atoms with Gasteiger partial charge in [0.25, 0.3) is 0 Å². The summed E-state index contributed by atoms with van der Waals surface area (Å²) in [4.78, 5) is 14.0. The fraction of sp³-hybridized carbons (Fsp3) is 0.917. The molecule has 1 fully saturated rings. The molecule has 0 saturated heterocycles. The van der Waals surface area contributed by atoms with E-state index in [0.717, 1.165) is 6.42 Å². The lowest BCUT2D eigenvalue weighted by atomic mass is 10.1. The molecular weight excluding hydrogens is 204 g/mol. The second-order valence-electron chi connectivity index (χ2n) is 4.55. The molecule has 1 unspecified atom stereocenters. The van der Waals surface area contributed by atoms with Crippen molar-refractivity contribution in [2.75, 3.05) is 26.8 Å². The highest BCUT2D eigenvalue weighted by Crippen LogP contribution is 2.35. The highest BCUT2D eigenvalue weighted by atomic mass is 16.5. The van der Waals surface area contributed by atoms with E-state index in [1.807, 2.05) is 4.90 Å². The Kier molecular flexibility index (Phi) is 5.77. The number of rotatable bonds is 8. The smallest absolute Gasteiger partial charge is 0.222 e. The minimum Gasteiger partial charge on any atom is -0.383 e. The van der Waals surface area contributed by atoms with Gasteiger partial charge in [0, 0.05) is 26.1 Å². The summed E-state index contributed by atoms with van der Waals surface area (Å²) in [6.07, 6.45) is 3.86. The zero-order valence-corrected chi connectivity index (χ0v) is 10.4. The number of hydrogen-bond acceptors (Lipinski definition) is 3. The Morgan fingerprint density at radius 2 is 2.25 bits per heavy atom. The first kappa shape index (κ1) is 13.5. The predicted molar refractivity (Wildman–Crippen MR) is 64.1 cm³/mol. The van der Waals surface area contributed by atoms with Crippen molar-refractivity contribution in [3.8, 4) is 0 Å². The summed E-state index contributed by atoms with van der Waals surface area (Å²) < 4.78 is 5.06. The molecule has 0 aromatic heterocycles. The van der Waals surface area contributed by atoms with Gasteiger partial charge in [-0.15, -0.1) is 0 Å². The summed E-state index contributed by atoms with van der Waals surface area (Å²) in [5.74, 6) is 0.931. The first-order valence-corrected chi connectivity index (χ1v) is 6.19. The first-order valence-electron chi connectivity index (χ1n) is 6.19. The second-order valence-corrected chi connectivity index (χ2v) is 4.55. The Morgan fingerprint density at radius 1 is 1.56 bits per heavy atom. The highest BCUT2D eigenvalue weighted by molar-refractivity contribution is 5.76. The molecule has 1 saturated carbocycles. The van der Waals surface area contributed by atoms with Crippen molar-refractivity contribution in [3.63, 3.8) is 0 Å². The van der Waals surface area contributed by atoms with Crippen LogP contribution in [0.25, 0.3) is 0 Å². The molecule has 94 valence electrons. The maximum Gasteiger partial charge on any atom is 0.222 e. The Balaban J connectivity index is 2.43. The fourth-order valence-electron chi connectivity index (χ4n) is 1.98. The molecule has 0 heterocycles. The maximum atomic E-state index is 12.0. The lowest BCUT2D eigenvalue weighted by Gasteiger charge is -2.29. The monoisotopic (exact) mass is 228 g/mol. The van der Waals surface area contributed by atoms with Gasteiger partial charge in [-0.1, -0.05) is 0 Å². The first-order chi connectivity index (χ1) is 7.70. The summed E-state index contributed by atoms with van der Waals surface area (Å²) >= 11 is 0. The van der Waals surface area contributed by atoms with E-state index in [1.54, 1.807) is 7.11 Å². The van der Waals surface area contributed by atoms with Crippen molar-refractivity contribution in [2.24, 2.45) is 11.7 Å². The Morgan fingerprint density at radius 3 is 2.75 bits per heavy atom. The van der Waals surface area contributed by atoms with Crippen LogP contribution in [0.2, 0.25) is 0 Å². The van der Waals surface area contributed by atoms with Crippen molar-refractivity contribution in [2.45, 2.75) is 38.6 Å². The van der Waals surface area contributed by atoms with Gasteiger partial charge in [-0.3, -0.25) is 4.79 Å². The molecule has 1 aliphatic rings. The summed E-state index contributed by atoms with van der Waals surface area (Å²) in [7, 11) is 1.67. The minimum atomic E-state index is 0.224. The van der Waals surface area contributed by atoms with E-state index in [4.69, 9.17) is 10.5 Å². The number of ether oxygens (including phenoxy) is 1. The van der Waals surface area contributed by atoms with Gasteiger partial charge >= 0.3 is 0 Å². The minimum absolute atomic E-state index is 0.224. The molecule has 0 radical (unpaired) electrons. The van der Waals surface area contributed by atoms with E-state index in [0.29, 0.717) is 38.1 Å². The van der Waals surface area contributed by atoms with Crippen LogP contribution < -0.4 is 5.73 Å². The molecule has 0 aromatic carbocycles. The largest absolute Gasteiger partial charge is 0.383 e. The van der Waals surface area contributed by atoms with E-state index >= 15 is 0 Å². The standard InChI is InChI=1S/C12H24N2O2/c1-10(11-5-6-11)14(8-9-16-2)12(15)4-3-7-13/h10-11H,3-9,13H2,1-2H3. The van der Waals surface area contributed by atoms with Crippen molar-refractivity contribution in [1.29, 1.82) is 0 Å². The molecule has 2 N–H and O–H groups in total. The molecule has 4 nitrogen and oxygen atoms in total. The van der Waals surface area contributed by atoms with Gasteiger partial charge in [0.1, 0.15) is 0 Å². The zero-order chi connectivity index (χ0) is 12.0. The number of nitrogens with two attached hydrogens (primary N) is 1. The quantitative estimate of drug-likeness (QED) is 0.674. The normalized spacial score (nSPS) is 17.2. The number of carbonyl (C=O) groups excluding carboxylic acids is 1. The maximum absolute atomic E-state index is 12.0. The average Bonchev–Trinajstić information content (AvgIpc) is 3.10. The second kappa shape index (κ2) is 6.86. The zero-order valence-electron chi connectivity index (χ0n) is 10.4. The lowest BCUT2D eigenvalue weighted by Crippen LogP contribution is -2.42. The molecular formula is C12H24N2O2. The van der Waals surface area contributed by atoms with Crippen molar-refractivity contribution in [1.82, 2.24) is 4.90 Å². The van der Waals surface area contributed by atoms with E-state index in [9.17, 15) is 4.79 Å². The van der Waals surface area contributed by atoms with Gasteiger partial charge < -0.3 is 15.4 Å². The third kappa shape index (κ3) is 4.10. The van der Waals surface area contributed by atoms with Crippen LogP contribution in [0.3, 0.4) is 0 Å². The molecule has 16 heavy (non-hydrogen) atoms. The van der Waals surface area contributed by atoms with Crippen LogP contribution in [-0.2, 0) is 9.53 Å². The molecule has 4 heteroatoms. The number of carbonyl (C=O) groups is 1. The van der Waals surface area contributed by atoms with Crippen LogP contribution in [0.5, 0.6) is 0 Å². The third-order valence-electron chi connectivity index (χ3n) is 3.25. The third-order valence-corrected chi connectivity index (χ3v) is 3.25. The van der Waals surface area contributed by atoms with Gasteiger partial charge in [0.2, 0.25) is 5.91 Å². The van der Waals surface area contributed by atoms with E-state index in [-0.39, 0.29) is 5.91 Å². The lowest BCUT2D eigenvalue weighted by molar-refractivity contribution is -0.134. The summed E-state index contributed by atoms with van der Waals surface area (Å²) in [6, 6.07) is 0.362. The van der Waals surface area contributed by atoms with Crippen molar-refractivity contribution in [3.05, 3.63) is 0 Å². The van der Waals surface area contributed by atoms with Crippen molar-refractivity contribution >= 4 is 5.91 Å². The molecule has 0 spiro atoms. The SMILES string of the molecule is COCCN(C(=O)CCCN)C(C)C1CC1. The van der Waals surface area contributed by atoms with Gasteiger partial charge in [0.15, 0.2) is 0 Å². The molecule has 1 aliphatic carbocycles. The van der Waals surface area contributed by atoms with Crippen LogP contribution in [0.1, 0.15) is 32.6 Å². The molecule has 1 amide bonds. The van der Waals surface area contributed by atoms with Crippen molar-refractivity contribution < 1.29 is 9.53 Å². The molecule has 0 aromatic rings. The van der Waals surface area contributed by atoms with Gasteiger partial charge in [-0.2, -0.15) is 0 Å². The van der Waals surface area contributed by atoms with Crippen LogP contribution >= 0.6 is 0 Å². The summed E-state index contributed by atoms with van der Waals surface area (Å²) in [6.45, 7) is 4.05.